The van der Waals surface area contributed by atoms with Gasteiger partial charge in [0.25, 0.3) is 0 Å². The Morgan fingerprint density at radius 1 is 1.12 bits per heavy atom. The van der Waals surface area contributed by atoms with Crippen molar-refractivity contribution < 1.29 is 13.9 Å². The van der Waals surface area contributed by atoms with E-state index in [1.165, 1.54) is 0 Å². The molecule has 3 aromatic rings. The number of carbonyl (C=O) groups is 1. The predicted octanol–water partition coefficient (Wildman–Crippen LogP) is 3.24. The summed E-state index contributed by atoms with van der Waals surface area (Å²) < 4.78 is 11.1. The van der Waals surface area contributed by atoms with Crippen molar-refractivity contribution in [2.45, 2.75) is 27.2 Å². The van der Waals surface area contributed by atoms with Crippen LogP contribution in [0.15, 0.2) is 45.9 Å². The Labute approximate surface area is 199 Å². The van der Waals surface area contributed by atoms with Crippen molar-refractivity contribution in [2.24, 2.45) is 0 Å². The Morgan fingerprint density at radius 2 is 1.82 bits per heavy atom. The molecule has 0 spiro atoms. The lowest BCUT2D eigenvalue weighted by Crippen LogP contribution is -2.49. The minimum absolute atomic E-state index is 0.121. The molecule has 0 radical (unpaired) electrons. The highest BCUT2D eigenvalue weighted by Gasteiger charge is 2.23. The summed E-state index contributed by atoms with van der Waals surface area (Å²) in [6.45, 7) is 10.3. The maximum absolute atomic E-state index is 12.7. The summed E-state index contributed by atoms with van der Waals surface area (Å²) in [6.07, 6.45) is 3.35. The average molecular weight is 466 g/mol. The fourth-order valence-electron chi connectivity index (χ4n) is 4.33. The van der Waals surface area contributed by atoms with Gasteiger partial charge >= 0.3 is 11.7 Å². The van der Waals surface area contributed by atoms with Crippen LogP contribution < -0.4 is 15.4 Å². The van der Waals surface area contributed by atoms with Crippen LogP contribution >= 0.6 is 0 Å². The smallest absolute Gasteiger partial charge is 0.409 e. The zero-order chi connectivity index (χ0) is 24.1. The Balaban J connectivity index is 1.35. The van der Waals surface area contributed by atoms with E-state index in [1.807, 2.05) is 30.0 Å². The summed E-state index contributed by atoms with van der Waals surface area (Å²) in [5.74, 6) is 0.665. The van der Waals surface area contributed by atoms with Gasteiger partial charge in [0.1, 0.15) is 5.58 Å². The monoisotopic (exact) mass is 465 g/mol. The largest absolute Gasteiger partial charge is 0.449 e. The van der Waals surface area contributed by atoms with Gasteiger partial charge in [0.2, 0.25) is 5.95 Å². The highest BCUT2D eigenvalue weighted by molar-refractivity contribution is 5.84. The molecule has 9 nitrogen and oxygen atoms in total. The molecule has 0 aliphatic carbocycles. The predicted molar refractivity (Wildman–Crippen MR) is 132 cm³/mol. The number of benzene rings is 1. The zero-order valence-corrected chi connectivity index (χ0v) is 20.0. The number of aromatic nitrogens is 2. The average Bonchev–Trinajstić information content (AvgIpc) is 2.87. The van der Waals surface area contributed by atoms with E-state index in [0.29, 0.717) is 49.7 Å². The molecule has 9 heteroatoms. The molecule has 180 valence electrons. The van der Waals surface area contributed by atoms with E-state index in [1.54, 1.807) is 23.4 Å². The lowest BCUT2D eigenvalue weighted by atomic mass is 10.0. The normalized spacial score (nSPS) is 13.9. The molecule has 1 saturated heterocycles. The summed E-state index contributed by atoms with van der Waals surface area (Å²) in [5.41, 5.74) is 2.63. The van der Waals surface area contributed by atoms with E-state index in [-0.39, 0.29) is 18.3 Å². The van der Waals surface area contributed by atoms with Crippen molar-refractivity contribution in [3.8, 4) is 0 Å². The maximum Gasteiger partial charge on any atom is 0.409 e. The molecule has 1 fully saturated rings. The fraction of sp³-hybridized carbons (Fsp3) is 0.440. The molecule has 1 aromatic carbocycles. The lowest BCUT2D eigenvalue weighted by Gasteiger charge is -2.33. The summed E-state index contributed by atoms with van der Waals surface area (Å²) in [5, 5.41) is 0.899. The summed E-state index contributed by atoms with van der Waals surface area (Å²) in [6, 6.07) is 7.73. The number of nitrogens with zero attached hydrogens (tertiary/aromatic N) is 5. The number of carbonyl (C=O) groups excluding carboxylic acids is 1. The number of rotatable bonds is 7. The second-order valence-corrected chi connectivity index (χ2v) is 8.23. The van der Waals surface area contributed by atoms with Crippen molar-refractivity contribution in [1.29, 1.82) is 0 Å². The second kappa shape index (κ2) is 10.5. The van der Waals surface area contributed by atoms with Crippen molar-refractivity contribution in [1.82, 2.24) is 14.9 Å². The van der Waals surface area contributed by atoms with Crippen LogP contribution in [0.1, 0.15) is 25.0 Å². The van der Waals surface area contributed by atoms with Gasteiger partial charge in [0, 0.05) is 80.8 Å². The summed E-state index contributed by atoms with van der Waals surface area (Å²) >= 11 is 0. The van der Waals surface area contributed by atoms with E-state index < -0.39 is 0 Å². The lowest BCUT2D eigenvalue weighted by molar-refractivity contribution is 0.101. The molecule has 0 saturated carbocycles. The number of amides is 1. The van der Waals surface area contributed by atoms with Crippen molar-refractivity contribution >= 4 is 28.7 Å². The molecule has 3 heterocycles. The van der Waals surface area contributed by atoms with Crippen LogP contribution in [-0.2, 0) is 11.2 Å². The Bertz CT molecular complexity index is 1190. The SMILES string of the molecule is CCN(CC)c1ccc2c(C)c(CCOC(=O)N3CCN(c4ncccn4)CC3)c(=O)oc2c1. The quantitative estimate of drug-likeness (QED) is 0.491. The molecule has 34 heavy (non-hydrogen) atoms. The Kier molecular flexibility index (Phi) is 7.30. The molecule has 1 aliphatic rings. The van der Waals surface area contributed by atoms with Crippen LogP contribution in [-0.4, -0.2) is 66.8 Å². The molecule has 0 unspecified atom stereocenters. The highest BCUT2D eigenvalue weighted by Crippen LogP contribution is 2.25. The molecule has 4 rings (SSSR count). The number of piperazine rings is 1. The third kappa shape index (κ3) is 4.98. The molecule has 0 N–H and O–H groups in total. The molecular formula is C25H31N5O4. The second-order valence-electron chi connectivity index (χ2n) is 8.23. The molecule has 0 atom stereocenters. The van der Waals surface area contributed by atoms with Crippen LogP contribution in [0.25, 0.3) is 11.0 Å². The molecule has 2 aromatic heterocycles. The van der Waals surface area contributed by atoms with Gasteiger partial charge in [0.15, 0.2) is 0 Å². The molecule has 0 bridgehead atoms. The van der Waals surface area contributed by atoms with Crippen molar-refractivity contribution in [3.05, 3.63) is 58.2 Å². The first kappa shape index (κ1) is 23.5. The third-order valence-corrected chi connectivity index (χ3v) is 6.35. The number of hydrogen-bond acceptors (Lipinski definition) is 8. The minimum Gasteiger partial charge on any atom is -0.449 e. The summed E-state index contributed by atoms with van der Waals surface area (Å²) in [4.78, 5) is 39.6. The minimum atomic E-state index is -0.380. The summed E-state index contributed by atoms with van der Waals surface area (Å²) in [7, 11) is 0. The van der Waals surface area contributed by atoms with Crippen LogP contribution in [0.3, 0.4) is 0 Å². The zero-order valence-electron chi connectivity index (χ0n) is 20.0. The van der Waals surface area contributed by atoms with E-state index in [9.17, 15) is 9.59 Å². The number of ether oxygens (including phenoxy) is 1. The highest BCUT2D eigenvalue weighted by atomic mass is 16.6. The van der Waals surface area contributed by atoms with Crippen LogP contribution in [0, 0.1) is 6.92 Å². The third-order valence-electron chi connectivity index (χ3n) is 6.35. The van der Waals surface area contributed by atoms with Gasteiger partial charge in [-0.1, -0.05) is 0 Å². The topological polar surface area (TPSA) is 92.0 Å². The first-order chi connectivity index (χ1) is 16.5. The van der Waals surface area contributed by atoms with Crippen molar-refractivity contribution in [2.75, 3.05) is 55.7 Å². The number of hydrogen-bond donors (Lipinski definition) is 0. The van der Waals surface area contributed by atoms with Gasteiger partial charge in [-0.2, -0.15) is 0 Å². The van der Waals surface area contributed by atoms with Gasteiger partial charge in [-0.25, -0.2) is 19.6 Å². The fourth-order valence-corrected chi connectivity index (χ4v) is 4.33. The molecule has 1 amide bonds. The number of aryl methyl sites for hydroxylation is 1. The van der Waals surface area contributed by atoms with Gasteiger partial charge in [-0.3, -0.25) is 0 Å². The van der Waals surface area contributed by atoms with Gasteiger partial charge < -0.3 is 23.9 Å². The standard InChI is InChI=1S/C25H31N5O4/c1-4-28(5-2)19-7-8-20-18(3)21(23(31)34-22(20)17-19)9-16-33-25(32)30-14-12-29(13-15-30)24-26-10-6-11-27-24/h6-8,10-11,17H,4-5,9,12-16H2,1-3H3. The van der Waals surface area contributed by atoms with Gasteiger partial charge in [-0.05, 0) is 44.5 Å². The first-order valence-electron chi connectivity index (χ1n) is 11.8. The van der Waals surface area contributed by atoms with Crippen molar-refractivity contribution in [3.63, 3.8) is 0 Å². The molecule has 1 aliphatic heterocycles. The Hall–Kier alpha value is -3.62. The van der Waals surface area contributed by atoms with Crippen LogP contribution in [0.5, 0.6) is 0 Å². The number of fused-ring (bicyclic) bond motifs is 1. The molecular weight excluding hydrogens is 434 g/mol. The van der Waals surface area contributed by atoms with Gasteiger partial charge in [-0.15, -0.1) is 0 Å². The van der Waals surface area contributed by atoms with Crippen LogP contribution in [0.2, 0.25) is 0 Å². The van der Waals surface area contributed by atoms with Gasteiger partial charge in [0.05, 0.1) is 6.61 Å². The number of anilines is 2. The van der Waals surface area contributed by atoms with E-state index in [0.717, 1.165) is 29.7 Å². The van der Waals surface area contributed by atoms with Crippen LogP contribution in [0.4, 0.5) is 16.4 Å². The van der Waals surface area contributed by atoms with E-state index in [2.05, 4.69) is 28.7 Å². The maximum atomic E-state index is 12.7. The van der Waals surface area contributed by atoms with E-state index in [4.69, 9.17) is 9.15 Å². The first-order valence-corrected chi connectivity index (χ1v) is 11.8. The Morgan fingerprint density at radius 3 is 2.50 bits per heavy atom. The van der Waals surface area contributed by atoms with E-state index >= 15 is 0 Å².